The van der Waals surface area contributed by atoms with Crippen molar-refractivity contribution in [1.29, 1.82) is 0 Å². The lowest BCUT2D eigenvalue weighted by molar-refractivity contribution is -0.150. The number of unbranched alkanes of at least 4 members (excludes halogenated alkanes) is 1. The van der Waals surface area contributed by atoms with Crippen molar-refractivity contribution in [1.82, 2.24) is 0 Å². The third-order valence-corrected chi connectivity index (χ3v) is 9.98. The van der Waals surface area contributed by atoms with Gasteiger partial charge in [-0.1, -0.05) is 106 Å². The quantitative estimate of drug-likeness (QED) is 0.0635. The van der Waals surface area contributed by atoms with E-state index in [0.717, 1.165) is 40.9 Å². The Morgan fingerprint density at radius 3 is 1.64 bits per heavy atom. The minimum atomic E-state index is -0.390. The lowest BCUT2D eigenvalue weighted by Gasteiger charge is -2.36. The van der Waals surface area contributed by atoms with Crippen LogP contribution in [0.2, 0.25) is 0 Å². The largest absolute Gasteiger partial charge is 0.462 e. The summed E-state index contributed by atoms with van der Waals surface area (Å²) in [5.74, 6) is 2.31. The molecule has 0 aromatic heterocycles. The van der Waals surface area contributed by atoms with Crippen LogP contribution in [0.5, 0.6) is 0 Å². The molecule has 2 saturated carbocycles. The maximum absolute atomic E-state index is 11.2. The van der Waals surface area contributed by atoms with Gasteiger partial charge in [0.25, 0.3) is 0 Å². The van der Waals surface area contributed by atoms with Crippen molar-refractivity contribution in [3.05, 3.63) is 83.5 Å². The van der Waals surface area contributed by atoms with Gasteiger partial charge in [0.15, 0.2) is 0 Å². The molecular formula is C44H67IO8. The van der Waals surface area contributed by atoms with E-state index in [0.29, 0.717) is 54.3 Å². The molecule has 0 saturated heterocycles. The zero-order valence-corrected chi connectivity index (χ0v) is 35.9. The smallest absolute Gasteiger partial charge is 0.333 e. The SMILES string of the molecule is C=C(C)C(=O)OCCCC.C=CC(=O)OC1CC(C)CCC1C(C)C.C=CC(=O)OC1CC(C)CCC1C(C)C.C=CC(=O)OCc1cccc(I)c1. The lowest BCUT2D eigenvalue weighted by Crippen LogP contribution is -2.35. The van der Waals surface area contributed by atoms with Crippen LogP contribution in [0.1, 0.15) is 112 Å². The Morgan fingerprint density at radius 1 is 0.792 bits per heavy atom. The molecule has 0 N–H and O–H groups in total. The van der Waals surface area contributed by atoms with Gasteiger partial charge in [-0.2, -0.15) is 0 Å². The van der Waals surface area contributed by atoms with Gasteiger partial charge in [-0.05, 0) is 115 Å². The molecule has 0 spiro atoms. The number of benzene rings is 1. The second kappa shape index (κ2) is 28.3. The standard InChI is InChI=1S/2C13H22O2.C10H9IO2.C8H14O2/c2*1-5-13(14)15-12-8-10(4)6-7-11(12)9(2)3;1-2-10(12)13-7-8-4-3-5-9(11)6-8;1-4-5-6-10-8(9)7(2)3/h2*5,9-12H,1,6-8H2,2-4H3;2-6H,1,7H2;2,4-6H2,1,3H3. The zero-order chi connectivity index (χ0) is 40.5. The van der Waals surface area contributed by atoms with Crippen molar-refractivity contribution >= 4 is 46.5 Å². The number of hydrogen-bond donors (Lipinski definition) is 0. The molecule has 298 valence electrons. The second-order valence-corrected chi connectivity index (χ2v) is 16.0. The summed E-state index contributed by atoms with van der Waals surface area (Å²) >= 11 is 2.21. The molecule has 53 heavy (non-hydrogen) atoms. The molecule has 0 aliphatic heterocycles. The van der Waals surface area contributed by atoms with Gasteiger partial charge >= 0.3 is 23.9 Å². The molecule has 6 unspecified atom stereocenters. The summed E-state index contributed by atoms with van der Waals surface area (Å²) in [4.78, 5) is 43.9. The van der Waals surface area contributed by atoms with E-state index in [1.165, 1.54) is 37.8 Å². The number of carbonyl (C=O) groups is 4. The molecule has 0 radical (unpaired) electrons. The normalized spacial score (nSPS) is 21.7. The first-order chi connectivity index (χ1) is 25.0. The topological polar surface area (TPSA) is 105 Å². The molecule has 2 fully saturated rings. The summed E-state index contributed by atoms with van der Waals surface area (Å²) in [6.45, 7) is 31.4. The Kier molecular flexibility index (Phi) is 26.6. The molecule has 3 rings (SSSR count). The van der Waals surface area contributed by atoms with E-state index in [1.807, 2.05) is 24.3 Å². The average molecular weight is 851 g/mol. The van der Waals surface area contributed by atoms with E-state index < -0.39 is 0 Å². The van der Waals surface area contributed by atoms with Crippen molar-refractivity contribution in [2.24, 2.45) is 35.5 Å². The van der Waals surface area contributed by atoms with Crippen molar-refractivity contribution in [3.63, 3.8) is 0 Å². The molecule has 2 aliphatic rings. The summed E-state index contributed by atoms with van der Waals surface area (Å²) in [6.07, 6.45) is 12.7. The van der Waals surface area contributed by atoms with Crippen LogP contribution in [-0.2, 0) is 44.7 Å². The van der Waals surface area contributed by atoms with Gasteiger partial charge in [-0.25, -0.2) is 19.2 Å². The van der Waals surface area contributed by atoms with Crippen LogP contribution in [0.4, 0.5) is 0 Å². The predicted molar refractivity (Wildman–Crippen MR) is 223 cm³/mol. The monoisotopic (exact) mass is 850 g/mol. The molecule has 6 atom stereocenters. The van der Waals surface area contributed by atoms with Gasteiger partial charge in [-0.15, -0.1) is 0 Å². The maximum Gasteiger partial charge on any atom is 0.333 e. The predicted octanol–water partition coefficient (Wildman–Crippen LogP) is 10.8. The first-order valence-corrected chi connectivity index (χ1v) is 20.1. The van der Waals surface area contributed by atoms with Crippen LogP contribution in [0, 0.1) is 39.1 Å². The van der Waals surface area contributed by atoms with Crippen LogP contribution >= 0.6 is 22.6 Å². The number of ether oxygens (including phenoxy) is 4. The minimum Gasteiger partial charge on any atom is -0.462 e. The maximum atomic E-state index is 11.2. The highest BCUT2D eigenvalue weighted by molar-refractivity contribution is 14.1. The average Bonchev–Trinajstić information content (AvgIpc) is 3.11. The van der Waals surface area contributed by atoms with Crippen LogP contribution in [0.25, 0.3) is 0 Å². The van der Waals surface area contributed by atoms with Gasteiger partial charge in [0.05, 0.1) is 6.61 Å². The van der Waals surface area contributed by atoms with Crippen LogP contribution < -0.4 is 0 Å². The van der Waals surface area contributed by atoms with Gasteiger partial charge in [0, 0.05) is 27.4 Å². The Morgan fingerprint density at radius 2 is 1.26 bits per heavy atom. The molecule has 0 bridgehead atoms. The van der Waals surface area contributed by atoms with Crippen LogP contribution in [-0.4, -0.2) is 42.7 Å². The zero-order valence-electron chi connectivity index (χ0n) is 33.7. The molecule has 0 amide bonds. The van der Waals surface area contributed by atoms with Crippen molar-refractivity contribution in [3.8, 4) is 0 Å². The van der Waals surface area contributed by atoms with E-state index in [2.05, 4.69) is 97.4 Å². The number of hydrogen-bond acceptors (Lipinski definition) is 8. The van der Waals surface area contributed by atoms with Crippen molar-refractivity contribution in [2.45, 2.75) is 126 Å². The fourth-order valence-electron chi connectivity index (χ4n) is 6.17. The summed E-state index contributed by atoms with van der Waals surface area (Å²) in [7, 11) is 0. The Hall–Kier alpha value is -3.21. The first kappa shape index (κ1) is 49.8. The highest BCUT2D eigenvalue weighted by atomic mass is 127. The van der Waals surface area contributed by atoms with Crippen LogP contribution in [0.15, 0.2) is 74.4 Å². The van der Waals surface area contributed by atoms with Crippen molar-refractivity contribution in [2.75, 3.05) is 6.61 Å². The van der Waals surface area contributed by atoms with E-state index in [1.54, 1.807) is 6.92 Å². The second-order valence-electron chi connectivity index (χ2n) is 14.7. The van der Waals surface area contributed by atoms with Gasteiger partial charge < -0.3 is 18.9 Å². The Bertz CT molecular complexity index is 1250. The molecule has 9 heteroatoms. The van der Waals surface area contributed by atoms with E-state index >= 15 is 0 Å². The molecule has 8 nitrogen and oxygen atoms in total. The molecule has 1 aromatic carbocycles. The van der Waals surface area contributed by atoms with Gasteiger partial charge in [0.1, 0.15) is 18.8 Å². The third kappa shape index (κ3) is 22.6. The molecule has 2 aliphatic carbocycles. The van der Waals surface area contributed by atoms with Crippen LogP contribution in [0.3, 0.4) is 0 Å². The molecule has 0 heterocycles. The van der Waals surface area contributed by atoms with Gasteiger partial charge in [0.2, 0.25) is 0 Å². The third-order valence-electron chi connectivity index (χ3n) is 9.31. The molecular weight excluding hydrogens is 783 g/mol. The fourth-order valence-corrected chi connectivity index (χ4v) is 6.78. The Labute approximate surface area is 334 Å². The summed E-state index contributed by atoms with van der Waals surface area (Å²) in [5, 5.41) is 0. The summed E-state index contributed by atoms with van der Waals surface area (Å²) < 4.78 is 21.7. The fraction of sp³-hybridized carbons (Fsp3) is 0.591. The van der Waals surface area contributed by atoms with Crippen molar-refractivity contribution < 1.29 is 38.1 Å². The Balaban J connectivity index is 0.000000688. The number of rotatable bonds is 13. The number of esters is 4. The number of halogens is 1. The summed E-state index contributed by atoms with van der Waals surface area (Å²) in [5.41, 5.74) is 1.46. The van der Waals surface area contributed by atoms with E-state index in [-0.39, 0.29) is 36.1 Å². The van der Waals surface area contributed by atoms with E-state index in [4.69, 9.17) is 18.9 Å². The van der Waals surface area contributed by atoms with E-state index in [9.17, 15) is 19.2 Å². The summed E-state index contributed by atoms with van der Waals surface area (Å²) in [6, 6.07) is 7.80. The first-order valence-electron chi connectivity index (χ1n) is 19.0. The minimum absolute atomic E-state index is 0.0965. The highest BCUT2D eigenvalue weighted by Crippen LogP contribution is 2.36. The van der Waals surface area contributed by atoms with Gasteiger partial charge in [-0.3, -0.25) is 0 Å². The lowest BCUT2D eigenvalue weighted by atomic mass is 9.75. The molecule has 1 aromatic rings. The number of carbonyl (C=O) groups excluding carboxylic acids is 4. The highest BCUT2D eigenvalue weighted by Gasteiger charge is 2.34.